The van der Waals surface area contributed by atoms with Crippen LogP contribution in [0.2, 0.25) is 0 Å². The zero-order valence-corrected chi connectivity index (χ0v) is 8.99. The quantitative estimate of drug-likeness (QED) is 0.697. The minimum atomic E-state index is -0.921. The lowest BCUT2D eigenvalue weighted by molar-refractivity contribution is 0.0697. The third-order valence-corrected chi connectivity index (χ3v) is 3.49. The summed E-state index contributed by atoms with van der Waals surface area (Å²) in [6.07, 6.45) is 1.78. The molecule has 0 atom stereocenters. The molecule has 0 spiro atoms. The van der Waals surface area contributed by atoms with Crippen molar-refractivity contribution in [2.45, 2.75) is 0 Å². The van der Waals surface area contributed by atoms with Crippen molar-refractivity contribution < 1.29 is 9.90 Å². The van der Waals surface area contributed by atoms with E-state index in [1.54, 1.807) is 29.7 Å². The normalized spacial score (nSPS) is 11.0. The Kier molecular flexibility index (Phi) is 1.91. The van der Waals surface area contributed by atoms with Crippen LogP contribution in [0.4, 0.5) is 0 Å². The average molecular weight is 229 g/mol. The molecule has 1 N–H and O–H groups in total. The number of pyridine rings is 1. The number of thiophene rings is 1. The van der Waals surface area contributed by atoms with Gasteiger partial charge >= 0.3 is 5.97 Å². The first-order valence-electron chi connectivity index (χ1n) is 4.75. The molecule has 4 heteroatoms. The van der Waals surface area contributed by atoms with E-state index in [0.717, 1.165) is 21.0 Å². The smallest absolute Gasteiger partial charge is 0.335 e. The molecule has 16 heavy (non-hydrogen) atoms. The van der Waals surface area contributed by atoms with Gasteiger partial charge in [-0.15, -0.1) is 11.3 Å². The number of carboxylic acids is 1. The Balaban J connectivity index is 2.41. The van der Waals surface area contributed by atoms with Crippen molar-refractivity contribution in [3.63, 3.8) is 0 Å². The first-order valence-corrected chi connectivity index (χ1v) is 5.63. The average Bonchev–Trinajstić information content (AvgIpc) is 2.76. The van der Waals surface area contributed by atoms with E-state index in [-0.39, 0.29) is 5.56 Å². The molecule has 0 bridgehead atoms. The van der Waals surface area contributed by atoms with Crippen LogP contribution >= 0.6 is 11.3 Å². The van der Waals surface area contributed by atoms with Crippen molar-refractivity contribution in [1.82, 2.24) is 4.98 Å². The number of hydrogen-bond acceptors (Lipinski definition) is 3. The van der Waals surface area contributed by atoms with Gasteiger partial charge in [-0.05, 0) is 23.6 Å². The number of hydrogen-bond donors (Lipinski definition) is 1. The Morgan fingerprint density at radius 3 is 3.00 bits per heavy atom. The second-order valence-corrected chi connectivity index (χ2v) is 4.42. The van der Waals surface area contributed by atoms with Gasteiger partial charge in [-0.1, -0.05) is 6.07 Å². The van der Waals surface area contributed by atoms with Crippen molar-refractivity contribution in [3.8, 4) is 0 Å². The van der Waals surface area contributed by atoms with Crippen molar-refractivity contribution in [1.29, 1.82) is 0 Å². The summed E-state index contributed by atoms with van der Waals surface area (Å²) in [4.78, 5) is 15.1. The number of aromatic nitrogens is 1. The van der Waals surface area contributed by atoms with Crippen molar-refractivity contribution in [2.24, 2.45) is 0 Å². The molecule has 0 aliphatic carbocycles. The summed E-state index contributed by atoms with van der Waals surface area (Å²) in [5.41, 5.74) is 1.01. The lowest BCUT2D eigenvalue weighted by Gasteiger charge is -2.00. The van der Waals surface area contributed by atoms with E-state index in [9.17, 15) is 4.79 Å². The largest absolute Gasteiger partial charge is 0.478 e. The van der Waals surface area contributed by atoms with Crippen molar-refractivity contribution in [3.05, 3.63) is 41.4 Å². The molecule has 0 amide bonds. The van der Waals surface area contributed by atoms with Gasteiger partial charge in [0.1, 0.15) is 0 Å². The van der Waals surface area contributed by atoms with Gasteiger partial charge in [0.2, 0.25) is 0 Å². The highest BCUT2D eigenvalue weighted by Gasteiger charge is 2.07. The van der Waals surface area contributed by atoms with E-state index in [2.05, 4.69) is 4.98 Å². The maximum Gasteiger partial charge on any atom is 0.335 e. The fourth-order valence-electron chi connectivity index (χ4n) is 1.74. The van der Waals surface area contributed by atoms with Crippen LogP contribution in [-0.2, 0) is 0 Å². The summed E-state index contributed by atoms with van der Waals surface area (Å²) in [6, 6.07) is 7.06. The number of nitrogens with zero attached hydrogens (tertiary/aromatic N) is 1. The third kappa shape index (κ3) is 1.27. The van der Waals surface area contributed by atoms with E-state index in [1.165, 1.54) is 0 Å². The predicted molar refractivity (Wildman–Crippen MR) is 64.1 cm³/mol. The van der Waals surface area contributed by atoms with E-state index < -0.39 is 5.97 Å². The number of rotatable bonds is 1. The molecule has 0 aliphatic rings. The molecule has 0 saturated carbocycles. The van der Waals surface area contributed by atoms with Gasteiger partial charge in [-0.2, -0.15) is 0 Å². The summed E-state index contributed by atoms with van der Waals surface area (Å²) >= 11 is 1.64. The van der Waals surface area contributed by atoms with Crippen LogP contribution in [0, 0.1) is 0 Å². The molecule has 78 valence electrons. The zero-order valence-electron chi connectivity index (χ0n) is 8.18. The number of aromatic carboxylic acids is 1. The summed E-state index contributed by atoms with van der Waals surface area (Å²) in [6.45, 7) is 0. The summed E-state index contributed by atoms with van der Waals surface area (Å²) < 4.78 is 1.15. The van der Waals surface area contributed by atoms with Crippen LogP contribution in [0.3, 0.4) is 0 Å². The van der Waals surface area contributed by atoms with E-state index in [0.29, 0.717) is 0 Å². The maximum atomic E-state index is 10.8. The fraction of sp³-hybridized carbons (Fsp3) is 0. The molecule has 0 unspecified atom stereocenters. The highest BCUT2D eigenvalue weighted by atomic mass is 32.1. The van der Waals surface area contributed by atoms with Crippen molar-refractivity contribution in [2.75, 3.05) is 0 Å². The highest BCUT2D eigenvalue weighted by Crippen LogP contribution is 2.28. The number of carbonyl (C=O) groups is 1. The second kappa shape index (κ2) is 3.28. The van der Waals surface area contributed by atoms with Gasteiger partial charge < -0.3 is 5.11 Å². The number of fused-ring (bicyclic) bond motifs is 3. The summed E-state index contributed by atoms with van der Waals surface area (Å²) in [5.74, 6) is -0.921. The van der Waals surface area contributed by atoms with Gasteiger partial charge in [0.15, 0.2) is 0 Å². The lowest BCUT2D eigenvalue weighted by Crippen LogP contribution is -1.95. The molecule has 0 radical (unpaired) electrons. The molecule has 0 saturated heterocycles. The van der Waals surface area contributed by atoms with Crippen LogP contribution in [0.15, 0.2) is 35.8 Å². The van der Waals surface area contributed by atoms with Gasteiger partial charge in [0, 0.05) is 21.7 Å². The molecular formula is C12H7NO2S. The zero-order chi connectivity index (χ0) is 11.1. The van der Waals surface area contributed by atoms with Gasteiger partial charge in [-0.3, -0.25) is 4.98 Å². The Bertz CT molecular complexity index is 702. The summed E-state index contributed by atoms with van der Waals surface area (Å²) in [5, 5.41) is 13.0. The second-order valence-electron chi connectivity index (χ2n) is 3.50. The van der Waals surface area contributed by atoms with Crippen LogP contribution in [0.5, 0.6) is 0 Å². The minimum absolute atomic E-state index is 0.274. The third-order valence-electron chi connectivity index (χ3n) is 2.53. The molecule has 0 fully saturated rings. The van der Waals surface area contributed by atoms with Crippen LogP contribution in [0.25, 0.3) is 21.0 Å². The van der Waals surface area contributed by atoms with E-state index in [1.807, 2.05) is 17.5 Å². The molecule has 0 aliphatic heterocycles. The first-order chi connectivity index (χ1) is 7.75. The Hall–Kier alpha value is -1.94. The SMILES string of the molecule is O=C(O)c1ccc2c(c1)ncc1ccsc12. The molecule has 2 aromatic heterocycles. The van der Waals surface area contributed by atoms with Crippen LogP contribution in [-0.4, -0.2) is 16.1 Å². The number of benzene rings is 1. The van der Waals surface area contributed by atoms with E-state index in [4.69, 9.17) is 5.11 Å². The Morgan fingerprint density at radius 1 is 1.31 bits per heavy atom. The van der Waals surface area contributed by atoms with Crippen LogP contribution in [0.1, 0.15) is 10.4 Å². The van der Waals surface area contributed by atoms with Gasteiger partial charge in [0.25, 0.3) is 0 Å². The maximum absolute atomic E-state index is 10.8. The lowest BCUT2D eigenvalue weighted by atomic mass is 10.1. The van der Waals surface area contributed by atoms with E-state index >= 15 is 0 Å². The summed E-state index contributed by atoms with van der Waals surface area (Å²) in [7, 11) is 0. The monoisotopic (exact) mass is 229 g/mol. The molecule has 1 aromatic carbocycles. The van der Waals surface area contributed by atoms with Gasteiger partial charge in [0.05, 0.1) is 11.1 Å². The number of carboxylic acid groups (broad SMARTS) is 1. The van der Waals surface area contributed by atoms with Crippen LogP contribution < -0.4 is 0 Å². The van der Waals surface area contributed by atoms with Gasteiger partial charge in [-0.25, -0.2) is 4.79 Å². The molecule has 3 rings (SSSR count). The highest BCUT2D eigenvalue weighted by molar-refractivity contribution is 7.18. The van der Waals surface area contributed by atoms with Crippen molar-refractivity contribution >= 4 is 38.3 Å². The molecular weight excluding hydrogens is 222 g/mol. The minimum Gasteiger partial charge on any atom is -0.478 e. The molecule has 3 nitrogen and oxygen atoms in total. The fourth-order valence-corrected chi connectivity index (χ4v) is 2.65. The molecule has 2 heterocycles. The Labute approximate surface area is 95.0 Å². The topological polar surface area (TPSA) is 50.2 Å². The Morgan fingerprint density at radius 2 is 2.19 bits per heavy atom. The first kappa shape index (κ1) is 9.30. The predicted octanol–water partition coefficient (Wildman–Crippen LogP) is 3.15. The molecule has 3 aromatic rings. The standard InChI is InChI=1S/C12H7NO2S/c14-12(15)7-1-2-9-10(5-7)13-6-8-3-4-16-11(8)9/h1-6H,(H,14,15).